The first-order valence-corrected chi connectivity index (χ1v) is 7.09. The van der Waals surface area contributed by atoms with Crippen LogP contribution in [0, 0.1) is 5.92 Å². The van der Waals surface area contributed by atoms with Crippen LogP contribution in [0.15, 0.2) is 18.2 Å². The number of nitrogens with one attached hydrogen (secondary N) is 1. The van der Waals surface area contributed by atoms with Crippen molar-refractivity contribution in [2.24, 2.45) is 5.92 Å². The monoisotopic (exact) mass is 277 g/mol. The number of carbonyl (C=O) groups is 1. The van der Waals surface area contributed by atoms with Crippen molar-refractivity contribution in [2.45, 2.75) is 13.3 Å². The second-order valence-electron chi connectivity index (χ2n) is 5.28. The van der Waals surface area contributed by atoms with Gasteiger partial charge in [-0.2, -0.15) is 0 Å². The average molecular weight is 277 g/mol. The summed E-state index contributed by atoms with van der Waals surface area (Å²) in [7, 11) is 2.10. The van der Waals surface area contributed by atoms with Crippen molar-refractivity contribution in [2.75, 3.05) is 39.0 Å². The molecule has 1 atom stereocenters. The van der Waals surface area contributed by atoms with Gasteiger partial charge in [-0.25, -0.2) is 0 Å². The summed E-state index contributed by atoms with van der Waals surface area (Å²) in [6, 6.07) is 5.27. The van der Waals surface area contributed by atoms with E-state index in [9.17, 15) is 4.79 Å². The fourth-order valence-electron chi connectivity index (χ4n) is 2.56. The van der Waals surface area contributed by atoms with Crippen LogP contribution in [0.5, 0.6) is 5.75 Å². The van der Waals surface area contributed by atoms with E-state index in [1.807, 2.05) is 6.92 Å². The van der Waals surface area contributed by atoms with Crippen molar-refractivity contribution in [3.63, 3.8) is 0 Å². The van der Waals surface area contributed by atoms with Crippen LogP contribution in [-0.4, -0.2) is 44.1 Å². The van der Waals surface area contributed by atoms with Gasteiger partial charge in [0.2, 0.25) is 0 Å². The molecule has 1 aliphatic rings. The number of nitrogen functional groups attached to an aromatic ring is 1. The molecule has 5 heteroatoms. The molecular weight excluding hydrogens is 254 g/mol. The highest BCUT2D eigenvalue weighted by atomic mass is 16.5. The average Bonchev–Trinajstić information content (AvgIpc) is 2.84. The number of anilines is 1. The fraction of sp³-hybridized carbons (Fsp3) is 0.533. The number of rotatable bonds is 5. The van der Waals surface area contributed by atoms with Gasteiger partial charge < -0.3 is 20.7 Å². The van der Waals surface area contributed by atoms with E-state index in [2.05, 4.69) is 17.3 Å². The number of amides is 1. The predicted molar refractivity (Wildman–Crippen MR) is 80.0 cm³/mol. The van der Waals surface area contributed by atoms with Crippen LogP contribution >= 0.6 is 0 Å². The number of likely N-dealkylation sites (tertiary alicyclic amines) is 1. The second kappa shape index (κ2) is 6.61. The SMILES string of the molecule is CCOc1c(N)cccc1C(=O)NCC1CCN(C)C1. The third-order valence-electron chi connectivity index (χ3n) is 3.62. The van der Waals surface area contributed by atoms with E-state index in [1.165, 1.54) is 0 Å². The fourth-order valence-corrected chi connectivity index (χ4v) is 2.56. The number of carbonyl (C=O) groups excluding carboxylic acids is 1. The van der Waals surface area contributed by atoms with Crippen LogP contribution in [0.4, 0.5) is 5.69 Å². The summed E-state index contributed by atoms with van der Waals surface area (Å²) in [5.41, 5.74) is 6.88. The Morgan fingerprint density at radius 1 is 1.55 bits per heavy atom. The molecule has 1 amide bonds. The zero-order valence-electron chi connectivity index (χ0n) is 12.2. The number of hydrogen-bond donors (Lipinski definition) is 2. The molecule has 0 bridgehead atoms. The van der Waals surface area contributed by atoms with Crippen molar-refractivity contribution in [1.29, 1.82) is 0 Å². The molecule has 1 unspecified atom stereocenters. The Balaban J connectivity index is 2.00. The van der Waals surface area contributed by atoms with Crippen LogP contribution < -0.4 is 15.8 Å². The largest absolute Gasteiger partial charge is 0.491 e. The number of ether oxygens (including phenoxy) is 1. The van der Waals surface area contributed by atoms with Gasteiger partial charge in [0.1, 0.15) is 0 Å². The van der Waals surface area contributed by atoms with Gasteiger partial charge >= 0.3 is 0 Å². The normalized spacial score (nSPS) is 19.0. The Bertz CT molecular complexity index is 476. The summed E-state index contributed by atoms with van der Waals surface area (Å²) in [6.07, 6.45) is 1.13. The molecule has 0 spiro atoms. The molecule has 1 fully saturated rings. The molecule has 0 saturated carbocycles. The van der Waals surface area contributed by atoms with Gasteiger partial charge in [-0.3, -0.25) is 4.79 Å². The quantitative estimate of drug-likeness (QED) is 0.797. The highest BCUT2D eigenvalue weighted by Crippen LogP contribution is 2.26. The number of nitrogens with two attached hydrogens (primary N) is 1. The Morgan fingerprint density at radius 3 is 3.00 bits per heavy atom. The number of para-hydroxylation sites is 1. The number of hydrogen-bond acceptors (Lipinski definition) is 4. The Morgan fingerprint density at radius 2 is 2.35 bits per heavy atom. The molecule has 3 N–H and O–H groups in total. The molecule has 1 aromatic carbocycles. The summed E-state index contributed by atoms with van der Waals surface area (Å²) in [4.78, 5) is 14.6. The maximum absolute atomic E-state index is 12.3. The second-order valence-corrected chi connectivity index (χ2v) is 5.28. The lowest BCUT2D eigenvalue weighted by molar-refractivity contribution is 0.0944. The van der Waals surface area contributed by atoms with E-state index in [0.29, 0.717) is 36.1 Å². The lowest BCUT2D eigenvalue weighted by atomic mass is 10.1. The van der Waals surface area contributed by atoms with E-state index in [1.54, 1.807) is 18.2 Å². The van der Waals surface area contributed by atoms with Crippen LogP contribution in [-0.2, 0) is 0 Å². The Labute approximate surface area is 120 Å². The first kappa shape index (κ1) is 14.7. The van der Waals surface area contributed by atoms with Gasteiger partial charge in [0.15, 0.2) is 5.75 Å². The van der Waals surface area contributed by atoms with Crippen molar-refractivity contribution in [3.05, 3.63) is 23.8 Å². The maximum atomic E-state index is 12.3. The minimum absolute atomic E-state index is 0.115. The zero-order valence-corrected chi connectivity index (χ0v) is 12.2. The first-order valence-electron chi connectivity index (χ1n) is 7.09. The van der Waals surface area contributed by atoms with E-state index in [0.717, 1.165) is 19.5 Å². The molecule has 20 heavy (non-hydrogen) atoms. The van der Waals surface area contributed by atoms with Crippen LogP contribution in [0.2, 0.25) is 0 Å². The number of nitrogens with zero attached hydrogens (tertiary/aromatic N) is 1. The Hall–Kier alpha value is -1.75. The lowest BCUT2D eigenvalue weighted by Crippen LogP contribution is -2.30. The van der Waals surface area contributed by atoms with Crippen molar-refractivity contribution in [1.82, 2.24) is 10.2 Å². The van der Waals surface area contributed by atoms with E-state index < -0.39 is 0 Å². The molecule has 1 saturated heterocycles. The van der Waals surface area contributed by atoms with E-state index >= 15 is 0 Å². The van der Waals surface area contributed by atoms with Crippen LogP contribution in [0.3, 0.4) is 0 Å². The smallest absolute Gasteiger partial charge is 0.255 e. The predicted octanol–water partition coefficient (Wildman–Crippen LogP) is 1.35. The molecule has 0 aromatic heterocycles. The standard InChI is InChI=1S/C15H23N3O2/c1-3-20-14-12(5-4-6-13(14)16)15(19)17-9-11-7-8-18(2)10-11/h4-6,11H,3,7-10,16H2,1-2H3,(H,17,19). The molecule has 110 valence electrons. The zero-order chi connectivity index (χ0) is 14.5. The lowest BCUT2D eigenvalue weighted by Gasteiger charge is -2.15. The van der Waals surface area contributed by atoms with Crippen LogP contribution in [0.1, 0.15) is 23.7 Å². The molecule has 2 rings (SSSR count). The van der Waals surface area contributed by atoms with Crippen LogP contribution in [0.25, 0.3) is 0 Å². The molecule has 5 nitrogen and oxygen atoms in total. The summed E-state index contributed by atoms with van der Waals surface area (Å²) in [5, 5.41) is 2.99. The molecule has 0 radical (unpaired) electrons. The Kier molecular flexibility index (Phi) is 4.84. The maximum Gasteiger partial charge on any atom is 0.255 e. The summed E-state index contributed by atoms with van der Waals surface area (Å²) in [5.74, 6) is 0.895. The van der Waals surface area contributed by atoms with Gasteiger partial charge in [-0.1, -0.05) is 6.07 Å². The summed E-state index contributed by atoms with van der Waals surface area (Å²) >= 11 is 0. The molecule has 1 heterocycles. The van der Waals surface area contributed by atoms with Crippen molar-refractivity contribution >= 4 is 11.6 Å². The molecule has 0 aliphatic carbocycles. The van der Waals surface area contributed by atoms with Gasteiger partial charge in [0.05, 0.1) is 17.9 Å². The highest BCUT2D eigenvalue weighted by Gasteiger charge is 2.21. The highest BCUT2D eigenvalue weighted by molar-refractivity contribution is 5.98. The molecule has 1 aromatic rings. The first-order chi connectivity index (χ1) is 9.61. The van der Waals surface area contributed by atoms with Gasteiger partial charge in [0.25, 0.3) is 5.91 Å². The minimum atomic E-state index is -0.115. The van der Waals surface area contributed by atoms with Crippen molar-refractivity contribution < 1.29 is 9.53 Å². The van der Waals surface area contributed by atoms with Gasteiger partial charge in [-0.15, -0.1) is 0 Å². The minimum Gasteiger partial charge on any atom is -0.491 e. The van der Waals surface area contributed by atoms with E-state index in [4.69, 9.17) is 10.5 Å². The molecule has 1 aliphatic heterocycles. The number of benzene rings is 1. The third-order valence-corrected chi connectivity index (χ3v) is 3.62. The summed E-state index contributed by atoms with van der Waals surface area (Å²) < 4.78 is 5.48. The molecular formula is C15H23N3O2. The topological polar surface area (TPSA) is 67.6 Å². The summed E-state index contributed by atoms with van der Waals surface area (Å²) in [6.45, 7) is 5.20. The van der Waals surface area contributed by atoms with E-state index in [-0.39, 0.29) is 5.91 Å². The van der Waals surface area contributed by atoms with Gasteiger partial charge in [-0.05, 0) is 45.0 Å². The van der Waals surface area contributed by atoms with Crippen molar-refractivity contribution in [3.8, 4) is 5.75 Å². The van der Waals surface area contributed by atoms with Gasteiger partial charge in [0, 0.05) is 13.1 Å². The third kappa shape index (κ3) is 3.42.